The topological polar surface area (TPSA) is 29.3 Å². The first-order valence-electron chi connectivity index (χ1n) is 9.76. The maximum atomic E-state index is 6.38. The predicted octanol–water partition coefficient (Wildman–Crippen LogP) is 3.80. The van der Waals surface area contributed by atoms with Gasteiger partial charge in [0.1, 0.15) is 0 Å². The molecule has 4 fully saturated rings. The van der Waals surface area contributed by atoms with E-state index in [2.05, 4.69) is 4.90 Å². The largest absolute Gasteiger partial charge is 0.329 e. The van der Waals surface area contributed by atoms with E-state index in [0.29, 0.717) is 5.54 Å². The van der Waals surface area contributed by atoms with Gasteiger partial charge in [-0.3, -0.25) is 4.90 Å². The van der Waals surface area contributed by atoms with Gasteiger partial charge in [0.15, 0.2) is 0 Å². The summed E-state index contributed by atoms with van der Waals surface area (Å²) in [5, 5.41) is 0. The zero-order chi connectivity index (χ0) is 14.3. The fraction of sp³-hybridized carbons (Fsp3) is 1.00. The Morgan fingerprint density at radius 1 is 0.810 bits per heavy atom. The van der Waals surface area contributed by atoms with Crippen LogP contribution in [0.25, 0.3) is 0 Å². The van der Waals surface area contributed by atoms with Crippen molar-refractivity contribution >= 4 is 0 Å². The first kappa shape index (κ1) is 14.5. The van der Waals surface area contributed by atoms with E-state index in [1.54, 1.807) is 0 Å². The van der Waals surface area contributed by atoms with Crippen LogP contribution in [0.3, 0.4) is 0 Å². The van der Waals surface area contributed by atoms with Crippen molar-refractivity contribution in [1.29, 1.82) is 0 Å². The van der Waals surface area contributed by atoms with Crippen molar-refractivity contribution in [3.63, 3.8) is 0 Å². The molecule has 0 radical (unpaired) electrons. The molecule has 0 aromatic heterocycles. The van der Waals surface area contributed by atoms with Crippen molar-refractivity contribution in [2.45, 2.75) is 76.2 Å². The van der Waals surface area contributed by atoms with E-state index in [1.807, 2.05) is 0 Å². The summed E-state index contributed by atoms with van der Waals surface area (Å²) >= 11 is 0. The first-order valence-corrected chi connectivity index (χ1v) is 9.76. The second-order valence-corrected chi connectivity index (χ2v) is 8.66. The smallest absolute Gasteiger partial charge is 0.0334 e. The highest BCUT2D eigenvalue weighted by atomic mass is 15.2. The second kappa shape index (κ2) is 5.85. The van der Waals surface area contributed by atoms with E-state index in [9.17, 15) is 0 Å². The molecule has 4 unspecified atom stereocenters. The third-order valence-electron chi connectivity index (χ3n) is 7.49. The van der Waals surface area contributed by atoms with Gasteiger partial charge < -0.3 is 5.73 Å². The zero-order valence-electron chi connectivity index (χ0n) is 13.7. The highest BCUT2D eigenvalue weighted by Crippen LogP contribution is 2.49. The van der Waals surface area contributed by atoms with Gasteiger partial charge in [-0.1, -0.05) is 32.1 Å². The molecule has 0 aromatic rings. The fourth-order valence-electron chi connectivity index (χ4n) is 5.99. The van der Waals surface area contributed by atoms with Crippen LogP contribution < -0.4 is 5.73 Å². The van der Waals surface area contributed by atoms with Gasteiger partial charge in [-0.2, -0.15) is 0 Å². The van der Waals surface area contributed by atoms with Crippen LogP contribution in [0.5, 0.6) is 0 Å². The molecule has 21 heavy (non-hydrogen) atoms. The van der Waals surface area contributed by atoms with E-state index in [0.717, 1.165) is 30.2 Å². The lowest BCUT2D eigenvalue weighted by molar-refractivity contribution is -0.0253. The standard InChI is InChI=1S/C19H34N2/c20-14-19(10-3-6-17(12-19)16-7-8-16)21-11-9-15-4-1-2-5-18(15)13-21/h15-18H,1-14,20H2. The number of fused-ring (bicyclic) bond motifs is 1. The lowest BCUT2D eigenvalue weighted by Gasteiger charge is -2.53. The molecule has 0 aromatic carbocycles. The summed E-state index contributed by atoms with van der Waals surface area (Å²) in [5.74, 6) is 4.12. The minimum absolute atomic E-state index is 0.383. The molecule has 3 saturated carbocycles. The molecule has 0 amide bonds. The Balaban J connectivity index is 1.46. The molecule has 120 valence electrons. The van der Waals surface area contributed by atoms with Gasteiger partial charge in [0.2, 0.25) is 0 Å². The summed E-state index contributed by atoms with van der Waals surface area (Å²) in [7, 11) is 0. The van der Waals surface area contributed by atoms with Gasteiger partial charge >= 0.3 is 0 Å². The minimum atomic E-state index is 0.383. The second-order valence-electron chi connectivity index (χ2n) is 8.66. The van der Waals surface area contributed by atoms with Crippen LogP contribution in [0.15, 0.2) is 0 Å². The summed E-state index contributed by atoms with van der Waals surface area (Å²) in [4.78, 5) is 2.88. The van der Waals surface area contributed by atoms with E-state index in [1.165, 1.54) is 83.7 Å². The summed E-state index contributed by atoms with van der Waals surface area (Å²) < 4.78 is 0. The molecule has 4 rings (SSSR count). The van der Waals surface area contributed by atoms with E-state index in [4.69, 9.17) is 5.73 Å². The number of piperidine rings is 1. The Bertz CT molecular complexity index is 365. The number of nitrogens with zero attached hydrogens (tertiary/aromatic N) is 1. The predicted molar refractivity (Wildman–Crippen MR) is 88.1 cm³/mol. The highest BCUT2D eigenvalue weighted by Gasteiger charge is 2.46. The first-order chi connectivity index (χ1) is 10.3. The van der Waals surface area contributed by atoms with E-state index >= 15 is 0 Å². The van der Waals surface area contributed by atoms with Crippen LogP contribution in [0, 0.1) is 23.7 Å². The zero-order valence-corrected chi connectivity index (χ0v) is 13.7. The van der Waals surface area contributed by atoms with Gasteiger partial charge in [-0.05, 0) is 68.7 Å². The normalized spacial score (nSPS) is 45.3. The van der Waals surface area contributed by atoms with Gasteiger partial charge in [0.25, 0.3) is 0 Å². The van der Waals surface area contributed by atoms with Crippen molar-refractivity contribution in [2.75, 3.05) is 19.6 Å². The van der Waals surface area contributed by atoms with Crippen molar-refractivity contribution in [2.24, 2.45) is 29.4 Å². The van der Waals surface area contributed by atoms with Gasteiger partial charge in [-0.15, -0.1) is 0 Å². The van der Waals surface area contributed by atoms with E-state index < -0.39 is 0 Å². The molecule has 0 bridgehead atoms. The van der Waals surface area contributed by atoms with Crippen molar-refractivity contribution in [1.82, 2.24) is 4.90 Å². The van der Waals surface area contributed by atoms with Crippen molar-refractivity contribution < 1.29 is 0 Å². The molecular formula is C19H34N2. The number of likely N-dealkylation sites (tertiary alicyclic amines) is 1. The Kier molecular flexibility index (Phi) is 4.04. The third kappa shape index (κ3) is 2.79. The quantitative estimate of drug-likeness (QED) is 0.856. The van der Waals surface area contributed by atoms with Crippen LogP contribution in [-0.2, 0) is 0 Å². The Morgan fingerprint density at radius 3 is 2.29 bits per heavy atom. The monoisotopic (exact) mass is 290 g/mol. The van der Waals surface area contributed by atoms with Crippen molar-refractivity contribution in [3.8, 4) is 0 Å². The third-order valence-corrected chi connectivity index (χ3v) is 7.49. The SMILES string of the molecule is NCC1(N2CCC3CCCCC3C2)CCCC(C2CC2)C1. The van der Waals surface area contributed by atoms with E-state index in [-0.39, 0.29) is 0 Å². The molecule has 2 N–H and O–H groups in total. The highest BCUT2D eigenvalue weighted by molar-refractivity contribution is 5.02. The van der Waals surface area contributed by atoms with Gasteiger partial charge in [0.05, 0.1) is 0 Å². The summed E-state index contributed by atoms with van der Waals surface area (Å²) in [6, 6.07) is 0. The molecule has 2 nitrogen and oxygen atoms in total. The lowest BCUT2D eigenvalue weighted by atomic mass is 9.69. The van der Waals surface area contributed by atoms with Crippen LogP contribution in [0.1, 0.15) is 70.6 Å². The Hall–Kier alpha value is -0.0800. The van der Waals surface area contributed by atoms with Crippen molar-refractivity contribution in [3.05, 3.63) is 0 Å². The number of hydrogen-bond acceptors (Lipinski definition) is 2. The summed E-state index contributed by atoms with van der Waals surface area (Å²) in [5.41, 5.74) is 6.76. The summed E-state index contributed by atoms with van der Waals surface area (Å²) in [6.07, 6.45) is 16.2. The molecule has 4 aliphatic rings. The molecule has 3 aliphatic carbocycles. The van der Waals surface area contributed by atoms with Crippen LogP contribution in [-0.4, -0.2) is 30.1 Å². The van der Waals surface area contributed by atoms with Crippen LogP contribution in [0.2, 0.25) is 0 Å². The maximum Gasteiger partial charge on any atom is 0.0334 e. The molecule has 0 spiro atoms. The number of hydrogen-bond donors (Lipinski definition) is 1. The number of nitrogens with two attached hydrogens (primary N) is 1. The maximum absolute atomic E-state index is 6.38. The molecule has 1 saturated heterocycles. The molecule has 1 heterocycles. The van der Waals surface area contributed by atoms with Gasteiger partial charge in [0, 0.05) is 18.6 Å². The molecular weight excluding hydrogens is 256 g/mol. The summed E-state index contributed by atoms with van der Waals surface area (Å²) in [6.45, 7) is 3.63. The molecule has 4 atom stereocenters. The van der Waals surface area contributed by atoms with Crippen LogP contribution >= 0.6 is 0 Å². The Morgan fingerprint density at radius 2 is 1.52 bits per heavy atom. The van der Waals surface area contributed by atoms with Gasteiger partial charge in [-0.25, -0.2) is 0 Å². The molecule has 1 aliphatic heterocycles. The molecule has 2 heteroatoms. The minimum Gasteiger partial charge on any atom is -0.329 e. The fourth-order valence-corrected chi connectivity index (χ4v) is 5.99. The van der Waals surface area contributed by atoms with Crippen LogP contribution in [0.4, 0.5) is 0 Å². The number of rotatable bonds is 3. The Labute approximate surface area is 130 Å². The average Bonchev–Trinajstić information content (AvgIpc) is 3.39. The lowest BCUT2D eigenvalue weighted by Crippen LogP contribution is -2.60. The average molecular weight is 290 g/mol.